The number of carboxylic acids is 1. The number of esters is 1. The molecule has 0 saturated heterocycles. The van der Waals surface area contributed by atoms with Crippen molar-refractivity contribution in [3.05, 3.63) is 69.2 Å². The number of thiazole rings is 2. The number of nitrogens with zero attached hydrogens (tertiary/aromatic N) is 4. The first-order valence-corrected chi connectivity index (χ1v) is 11.5. The second kappa shape index (κ2) is 14.5. The fraction of sp³-hybridized carbons (Fsp3) is 0.143. The van der Waals surface area contributed by atoms with Gasteiger partial charge in [0.1, 0.15) is 0 Å². The van der Waals surface area contributed by atoms with Gasteiger partial charge in [0.15, 0.2) is 21.7 Å². The van der Waals surface area contributed by atoms with Crippen molar-refractivity contribution in [1.29, 1.82) is 0 Å². The Morgan fingerprint density at radius 2 is 1.15 bits per heavy atom. The summed E-state index contributed by atoms with van der Waals surface area (Å²) in [5.41, 5.74) is 0.364. The molecule has 0 aliphatic heterocycles. The number of hydrogen-bond acceptors (Lipinski definition) is 12. The number of ether oxygens (including phenoxy) is 1. The van der Waals surface area contributed by atoms with Gasteiger partial charge < -0.3 is 26.0 Å². The maximum absolute atomic E-state index is 12.9. The van der Waals surface area contributed by atoms with E-state index in [2.05, 4.69) is 35.3 Å². The standard InChI is InChI=1S/C11H9F2N3O2S.C10H7F2N3O2S.Li.H2O.2H2/c1-5-9(10(17)18-2)16-11(19-5)14-6-3-7(12)15-8(13)4-6;1-4-8(9(16)17)15-10(18-4)13-5-2-6(11)14-7(12)3-5;;;;/h3-4H,1-2H3,(H,14,15,16);2-3H,1H3,(H,16,17)(H,13,14,15);;1H2;2*1H/q;;+1;;;/p-1. The van der Waals surface area contributed by atoms with E-state index in [4.69, 9.17) is 5.11 Å². The molecule has 4 rings (SSSR count). The van der Waals surface area contributed by atoms with Crippen molar-refractivity contribution in [3.63, 3.8) is 0 Å². The maximum Gasteiger partial charge on any atom is 1.00 e. The molecule has 11 nitrogen and oxygen atoms in total. The number of rotatable bonds is 6. The van der Waals surface area contributed by atoms with E-state index in [1.165, 1.54) is 18.4 Å². The van der Waals surface area contributed by atoms with Crippen molar-refractivity contribution < 1.29 is 64.2 Å². The summed E-state index contributed by atoms with van der Waals surface area (Å²) in [6.45, 7) is 3.29. The molecule has 0 fully saturated rings. The SMILES string of the molecule is COC(=O)c1nc(Nc2cc(F)nc(F)c2)sc1C.Cc1sc(Nc2cc(F)nc(F)c2)nc1C(=O)O.[HH].[HH].[Li+].[OH-]. The van der Waals surface area contributed by atoms with Crippen LogP contribution in [0.25, 0.3) is 0 Å². The van der Waals surface area contributed by atoms with Crippen LogP contribution in [-0.4, -0.2) is 49.6 Å². The Bertz CT molecular complexity index is 1440. The Kier molecular flexibility index (Phi) is 12.4. The van der Waals surface area contributed by atoms with Gasteiger partial charge in [0.25, 0.3) is 0 Å². The van der Waals surface area contributed by atoms with Crippen LogP contribution in [0.1, 0.15) is 33.6 Å². The van der Waals surface area contributed by atoms with Crippen molar-refractivity contribution in [3.8, 4) is 0 Å². The van der Waals surface area contributed by atoms with Gasteiger partial charge in [-0.15, -0.1) is 22.7 Å². The summed E-state index contributed by atoms with van der Waals surface area (Å²) in [6, 6.07) is 4.02. The van der Waals surface area contributed by atoms with Crippen LogP contribution in [-0.2, 0) is 4.74 Å². The molecule has 39 heavy (non-hydrogen) atoms. The molecule has 0 aromatic carbocycles. The molecule has 18 heteroatoms. The molecule has 0 saturated carbocycles. The minimum atomic E-state index is -1.15. The van der Waals surface area contributed by atoms with Crippen molar-refractivity contribution in [2.24, 2.45) is 0 Å². The second-order valence-corrected chi connectivity index (χ2v) is 9.30. The molecule has 4 N–H and O–H groups in total. The molecule has 4 heterocycles. The first kappa shape index (κ1) is 33.4. The van der Waals surface area contributed by atoms with Crippen LogP contribution in [0, 0.1) is 37.6 Å². The van der Waals surface area contributed by atoms with Crippen LogP contribution in [0.15, 0.2) is 24.3 Å². The third kappa shape index (κ3) is 9.26. The summed E-state index contributed by atoms with van der Waals surface area (Å²) in [5, 5.41) is 14.7. The Morgan fingerprint density at radius 1 is 0.795 bits per heavy atom. The van der Waals surface area contributed by atoms with Gasteiger partial charge in [-0.05, 0) is 13.8 Å². The number of methoxy groups -OCH3 is 1. The number of carbonyl (C=O) groups is 2. The molecule has 0 spiro atoms. The smallest absolute Gasteiger partial charge is 0.870 e. The normalized spacial score (nSPS) is 9.82. The van der Waals surface area contributed by atoms with Gasteiger partial charge in [-0.3, -0.25) is 0 Å². The molecule has 0 radical (unpaired) electrons. The Hall–Kier alpha value is -3.62. The first-order valence-electron chi connectivity index (χ1n) is 9.91. The molecule has 0 unspecified atom stereocenters. The Labute approximate surface area is 240 Å². The summed E-state index contributed by atoms with van der Waals surface area (Å²) >= 11 is 2.26. The zero-order valence-electron chi connectivity index (χ0n) is 20.5. The number of anilines is 4. The second-order valence-electron chi connectivity index (χ2n) is 6.90. The van der Waals surface area contributed by atoms with Gasteiger partial charge in [0.2, 0.25) is 23.8 Å². The summed E-state index contributed by atoms with van der Waals surface area (Å²) in [4.78, 5) is 37.0. The van der Waals surface area contributed by atoms with Gasteiger partial charge in [-0.2, -0.15) is 27.5 Å². The first-order chi connectivity index (χ1) is 17.4. The summed E-state index contributed by atoms with van der Waals surface area (Å²) in [5.74, 6) is -5.53. The Morgan fingerprint density at radius 3 is 1.49 bits per heavy atom. The topological polar surface area (TPSA) is 169 Å². The van der Waals surface area contributed by atoms with E-state index in [1.807, 2.05) is 0 Å². The maximum atomic E-state index is 12.9. The van der Waals surface area contributed by atoms with Crippen LogP contribution in [0.2, 0.25) is 0 Å². The molecular formula is C21H21F4LiN6O5S2. The molecule has 4 aromatic heterocycles. The monoisotopic (exact) mass is 584 g/mol. The number of carbonyl (C=O) groups excluding carboxylic acids is 1. The van der Waals surface area contributed by atoms with Gasteiger partial charge in [-0.25, -0.2) is 19.6 Å². The van der Waals surface area contributed by atoms with Crippen LogP contribution < -0.4 is 29.5 Å². The summed E-state index contributed by atoms with van der Waals surface area (Å²) in [7, 11) is 1.25. The zero-order valence-corrected chi connectivity index (χ0v) is 22.2. The number of aromatic carboxylic acids is 1. The average Bonchev–Trinajstić information content (AvgIpc) is 3.33. The molecule has 0 aliphatic carbocycles. The van der Waals surface area contributed by atoms with Gasteiger partial charge in [-0.1, -0.05) is 0 Å². The Balaban J connectivity index is 0. The number of carboxylic acid groups (broad SMARTS) is 1. The van der Waals surface area contributed by atoms with E-state index in [1.54, 1.807) is 13.8 Å². The van der Waals surface area contributed by atoms with Crippen molar-refractivity contribution in [2.75, 3.05) is 17.7 Å². The number of pyridine rings is 2. The number of aromatic nitrogens is 4. The fourth-order valence-electron chi connectivity index (χ4n) is 2.71. The van der Waals surface area contributed by atoms with E-state index in [0.717, 1.165) is 35.6 Å². The number of aryl methyl sites for hydroxylation is 2. The molecule has 0 aliphatic rings. The summed E-state index contributed by atoms with van der Waals surface area (Å²) < 4.78 is 56.1. The van der Waals surface area contributed by atoms with Crippen molar-refractivity contribution >= 4 is 56.3 Å². The van der Waals surface area contributed by atoms with E-state index >= 15 is 0 Å². The molecule has 0 bridgehead atoms. The van der Waals surface area contributed by atoms with E-state index in [-0.39, 0.29) is 55.1 Å². The van der Waals surface area contributed by atoms with Crippen LogP contribution >= 0.6 is 22.7 Å². The predicted octanol–water partition coefficient (Wildman–Crippen LogP) is 2.54. The van der Waals surface area contributed by atoms with Crippen molar-refractivity contribution in [1.82, 2.24) is 19.9 Å². The van der Waals surface area contributed by atoms with Gasteiger partial charge in [0, 0.05) is 48.2 Å². The zero-order chi connectivity index (χ0) is 27.3. The van der Waals surface area contributed by atoms with Crippen LogP contribution in [0.3, 0.4) is 0 Å². The van der Waals surface area contributed by atoms with Gasteiger partial charge >= 0.3 is 30.8 Å². The average molecular weight is 585 g/mol. The predicted molar refractivity (Wildman–Crippen MR) is 133 cm³/mol. The molecular weight excluding hydrogens is 563 g/mol. The van der Waals surface area contributed by atoms with E-state index < -0.39 is 35.7 Å². The molecule has 206 valence electrons. The number of halogens is 4. The third-order valence-corrected chi connectivity index (χ3v) is 5.98. The van der Waals surface area contributed by atoms with E-state index in [9.17, 15) is 27.2 Å². The molecule has 4 aromatic rings. The number of nitrogens with one attached hydrogen (secondary N) is 2. The van der Waals surface area contributed by atoms with Gasteiger partial charge in [0.05, 0.1) is 7.11 Å². The number of hydrogen-bond donors (Lipinski definition) is 3. The van der Waals surface area contributed by atoms with E-state index in [0.29, 0.717) is 14.9 Å². The molecule has 0 atom stereocenters. The minimum Gasteiger partial charge on any atom is -0.870 e. The minimum absolute atomic E-state index is 0. The quantitative estimate of drug-likeness (QED) is 0.132. The molecule has 0 amide bonds. The van der Waals surface area contributed by atoms with Crippen molar-refractivity contribution in [2.45, 2.75) is 13.8 Å². The summed E-state index contributed by atoms with van der Waals surface area (Å²) in [6.07, 6.45) is 0. The fourth-order valence-corrected chi connectivity index (χ4v) is 4.35. The third-order valence-electron chi connectivity index (χ3n) is 4.20. The van der Waals surface area contributed by atoms with Crippen LogP contribution in [0.4, 0.5) is 39.2 Å². The van der Waals surface area contributed by atoms with Crippen LogP contribution in [0.5, 0.6) is 0 Å². The largest absolute Gasteiger partial charge is 1.00 e.